The van der Waals surface area contributed by atoms with E-state index in [-0.39, 0.29) is 11.8 Å². The number of carbonyl (C=O) groups is 2. The SMILES string of the molecule is O=C1CCC(=O)N1CCCS. The summed E-state index contributed by atoms with van der Waals surface area (Å²) in [7, 11) is 0. The molecular formula is C7H11NO2S. The van der Waals surface area contributed by atoms with Crippen molar-refractivity contribution in [3.8, 4) is 0 Å². The first-order valence-corrected chi connectivity index (χ1v) is 4.33. The first kappa shape index (κ1) is 8.59. The lowest BCUT2D eigenvalue weighted by atomic mass is 10.4. The molecular weight excluding hydrogens is 162 g/mol. The fourth-order valence-corrected chi connectivity index (χ4v) is 1.24. The predicted molar refractivity (Wildman–Crippen MR) is 44.4 cm³/mol. The molecule has 1 saturated heterocycles. The van der Waals surface area contributed by atoms with Gasteiger partial charge in [-0.05, 0) is 12.2 Å². The molecule has 4 heteroatoms. The topological polar surface area (TPSA) is 37.4 Å². The van der Waals surface area contributed by atoms with Crippen LogP contribution in [0.25, 0.3) is 0 Å². The van der Waals surface area contributed by atoms with E-state index in [0.717, 1.165) is 12.2 Å². The average molecular weight is 173 g/mol. The molecule has 62 valence electrons. The van der Waals surface area contributed by atoms with E-state index >= 15 is 0 Å². The van der Waals surface area contributed by atoms with E-state index in [4.69, 9.17) is 0 Å². The first-order chi connectivity index (χ1) is 5.25. The fourth-order valence-electron chi connectivity index (χ4n) is 1.10. The number of amides is 2. The Morgan fingerprint density at radius 3 is 2.27 bits per heavy atom. The molecule has 0 aromatic carbocycles. The summed E-state index contributed by atoms with van der Waals surface area (Å²) in [5.74, 6) is 0.658. The van der Waals surface area contributed by atoms with Gasteiger partial charge in [0, 0.05) is 19.4 Å². The van der Waals surface area contributed by atoms with Crippen molar-refractivity contribution < 1.29 is 9.59 Å². The minimum Gasteiger partial charge on any atom is -0.283 e. The maximum atomic E-state index is 11.0. The quantitative estimate of drug-likeness (QED) is 0.497. The van der Waals surface area contributed by atoms with E-state index < -0.39 is 0 Å². The number of hydrogen-bond acceptors (Lipinski definition) is 3. The highest BCUT2D eigenvalue weighted by molar-refractivity contribution is 7.80. The maximum absolute atomic E-state index is 11.0. The number of nitrogens with zero attached hydrogens (tertiary/aromatic N) is 1. The minimum absolute atomic E-state index is 0.0308. The fraction of sp³-hybridized carbons (Fsp3) is 0.714. The normalized spacial score (nSPS) is 18.1. The molecule has 0 saturated carbocycles. The zero-order valence-electron chi connectivity index (χ0n) is 6.25. The molecule has 1 aliphatic heterocycles. The summed E-state index contributed by atoms with van der Waals surface area (Å²) in [5, 5.41) is 0. The van der Waals surface area contributed by atoms with Crippen LogP contribution in [0.5, 0.6) is 0 Å². The van der Waals surface area contributed by atoms with Crippen molar-refractivity contribution in [3.63, 3.8) is 0 Å². The standard InChI is InChI=1S/C7H11NO2S/c9-6-2-3-7(10)8(6)4-1-5-11/h11H,1-5H2. The van der Waals surface area contributed by atoms with Gasteiger partial charge < -0.3 is 0 Å². The molecule has 1 fully saturated rings. The predicted octanol–water partition coefficient (Wildman–Crippen LogP) is 0.455. The van der Waals surface area contributed by atoms with E-state index in [1.807, 2.05) is 0 Å². The third-order valence-corrected chi connectivity index (χ3v) is 2.01. The third kappa shape index (κ3) is 1.96. The van der Waals surface area contributed by atoms with Crippen molar-refractivity contribution in [2.24, 2.45) is 0 Å². The average Bonchev–Trinajstić information content (AvgIpc) is 2.29. The number of imide groups is 1. The van der Waals surface area contributed by atoms with Gasteiger partial charge in [-0.1, -0.05) is 0 Å². The van der Waals surface area contributed by atoms with Crippen LogP contribution >= 0.6 is 12.6 Å². The summed E-state index contributed by atoms with van der Waals surface area (Å²) < 4.78 is 0. The monoisotopic (exact) mass is 173 g/mol. The van der Waals surface area contributed by atoms with Gasteiger partial charge in [-0.15, -0.1) is 0 Å². The van der Waals surface area contributed by atoms with Crippen LogP contribution in [0, 0.1) is 0 Å². The van der Waals surface area contributed by atoms with E-state index in [1.165, 1.54) is 4.90 Å². The summed E-state index contributed by atoms with van der Waals surface area (Å²) in [4.78, 5) is 23.3. The first-order valence-electron chi connectivity index (χ1n) is 3.70. The highest BCUT2D eigenvalue weighted by Gasteiger charge is 2.27. The third-order valence-electron chi connectivity index (χ3n) is 1.69. The molecule has 0 spiro atoms. The Hall–Kier alpha value is -0.510. The van der Waals surface area contributed by atoms with Crippen molar-refractivity contribution in [3.05, 3.63) is 0 Å². The number of hydrogen-bond donors (Lipinski definition) is 1. The zero-order valence-corrected chi connectivity index (χ0v) is 7.14. The summed E-state index contributed by atoms with van der Waals surface area (Å²) in [6.07, 6.45) is 1.58. The van der Waals surface area contributed by atoms with Crippen molar-refractivity contribution in [2.45, 2.75) is 19.3 Å². The summed E-state index contributed by atoms with van der Waals surface area (Å²) in [5.41, 5.74) is 0. The Labute approximate surface area is 71.2 Å². The second-order valence-electron chi connectivity index (χ2n) is 2.52. The number of rotatable bonds is 3. The highest BCUT2D eigenvalue weighted by Crippen LogP contribution is 2.11. The molecule has 0 atom stereocenters. The van der Waals surface area contributed by atoms with Crippen LogP contribution in [0.4, 0.5) is 0 Å². The van der Waals surface area contributed by atoms with Crippen molar-refractivity contribution >= 4 is 24.4 Å². The molecule has 1 heterocycles. The number of thiol groups is 1. The van der Waals surface area contributed by atoms with E-state index in [0.29, 0.717) is 19.4 Å². The highest BCUT2D eigenvalue weighted by atomic mass is 32.1. The van der Waals surface area contributed by atoms with Gasteiger partial charge in [-0.3, -0.25) is 14.5 Å². The Kier molecular flexibility index (Phi) is 2.93. The van der Waals surface area contributed by atoms with Gasteiger partial charge in [0.05, 0.1) is 0 Å². The van der Waals surface area contributed by atoms with E-state index in [1.54, 1.807) is 0 Å². The van der Waals surface area contributed by atoms with Crippen molar-refractivity contribution in [1.29, 1.82) is 0 Å². The second kappa shape index (κ2) is 3.76. The molecule has 0 N–H and O–H groups in total. The Bertz CT molecular complexity index is 165. The van der Waals surface area contributed by atoms with Crippen LogP contribution in [0.2, 0.25) is 0 Å². The van der Waals surface area contributed by atoms with Gasteiger partial charge >= 0.3 is 0 Å². The van der Waals surface area contributed by atoms with Crippen molar-refractivity contribution in [2.75, 3.05) is 12.3 Å². The Morgan fingerprint density at radius 2 is 1.82 bits per heavy atom. The van der Waals surface area contributed by atoms with Gasteiger partial charge in [-0.2, -0.15) is 12.6 Å². The smallest absolute Gasteiger partial charge is 0.229 e. The Morgan fingerprint density at radius 1 is 1.27 bits per heavy atom. The van der Waals surface area contributed by atoms with Crippen LogP contribution in [-0.4, -0.2) is 29.0 Å². The van der Waals surface area contributed by atoms with Gasteiger partial charge in [0.25, 0.3) is 0 Å². The summed E-state index contributed by atoms with van der Waals surface area (Å²) in [6, 6.07) is 0. The molecule has 1 rings (SSSR count). The molecule has 1 aliphatic rings. The molecule has 0 radical (unpaired) electrons. The van der Waals surface area contributed by atoms with Crippen LogP contribution in [-0.2, 0) is 9.59 Å². The lowest BCUT2D eigenvalue weighted by Crippen LogP contribution is -2.30. The maximum Gasteiger partial charge on any atom is 0.229 e. The van der Waals surface area contributed by atoms with E-state index in [9.17, 15) is 9.59 Å². The number of carbonyl (C=O) groups excluding carboxylic acids is 2. The van der Waals surface area contributed by atoms with E-state index in [2.05, 4.69) is 12.6 Å². The number of likely N-dealkylation sites (tertiary alicyclic amines) is 1. The molecule has 3 nitrogen and oxygen atoms in total. The zero-order chi connectivity index (χ0) is 8.27. The van der Waals surface area contributed by atoms with Gasteiger partial charge in [-0.25, -0.2) is 0 Å². The molecule has 0 unspecified atom stereocenters. The molecule has 0 aliphatic carbocycles. The van der Waals surface area contributed by atoms with Crippen LogP contribution in [0.3, 0.4) is 0 Å². The molecule has 0 aromatic heterocycles. The molecule has 0 aromatic rings. The summed E-state index contributed by atoms with van der Waals surface area (Å²) >= 11 is 4.00. The van der Waals surface area contributed by atoms with Gasteiger partial charge in [0.1, 0.15) is 0 Å². The van der Waals surface area contributed by atoms with Gasteiger partial charge in [0.15, 0.2) is 0 Å². The van der Waals surface area contributed by atoms with Crippen LogP contribution in [0.15, 0.2) is 0 Å². The Balaban J connectivity index is 2.41. The molecule has 11 heavy (non-hydrogen) atoms. The van der Waals surface area contributed by atoms with Crippen molar-refractivity contribution in [1.82, 2.24) is 4.90 Å². The largest absolute Gasteiger partial charge is 0.283 e. The van der Waals surface area contributed by atoms with Crippen LogP contribution < -0.4 is 0 Å². The lowest BCUT2D eigenvalue weighted by molar-refractivity contribution is -0.138. The van der Waals surface area contributed by atoms with Gasteiger partial charge in [0.2, 0.25) is 11.8 Å². The minimum atomic E-state index is -0.0308. The molecule has 2 amide bonds. The second-order valence-corrected chi connectivity index (χ2v) is 2.96. The summed E-state index contributed by atoms with van der Waals surface area (Å²) in [6.45, 7) is 0.543. The lowest BCUT2D eigenvalue weighted by Gasteiger charge is -2.11. The van der Waals surface area contributed by atoms with Crippen LogP contribution in [0.1, 0.15) is 19.3 Å². The molecule has 0 bridgehead atoms.